The van der Waals surface area contributed by atoms with Gasteiger partial charge >= 0.3 is 0 Å². The molecule has 0 bridgehead atoms. The standard InChI is InChI=1S/C14H22N2O3S/c1-4-8-11(2)15-14(17)12(3)16-20(18,19)13-9-6-5-7-10-13/h5-7,9-12,16H,4,8H2,1-3H3,(H,15,17)/t11-,12+/m1/s1. The molecule has 1 amide bonds. The molecule has 1 aromatic carbocycles. The van der Waals surface area contributed by atoms with E-state index in [0.717, 1.165) is 12.8 Å². The van der Waals surface area contributed by atoms with Gasteiger partial charge in [0.1, 0.15) is 0 Å². The first-order valence-electron chi connectivity index (χ1n) is 6.74. The number of hydrogen-bond acceptors (Lipinski definition) is 3. The quantitative estimate of drug-likeness (QED) is 0.804. The van der Waals surface area contributed by atoms with Gasteiger partial charge in [0.2, 0.25) is 15.9 Å². The van der Waals surface area contributed by atoms with E-state index >= 15 is 0 Å². The van der Waals surface area contributed by atoms with Gasteiger partial charge in [-0.1, -0.05) is 31.5 Å². The minimum Gasteiger partial charge on any atom is -0.352 e. The number of benzene rings is 1. The lowest BCUT2D eigenvalue weighted by molar-refractivity contribution is -0.123. The average Bonchev–Trinajstić information content (AvgIpc) is 2.39. The van der Waals surface area contributed by atoms with E-state index in [-0.39, 0.29) is 16.8 Å². The molecule has 0 aliphatic rings. The van der Waals surface area contributed by atoms with Gasteiger partial charge in [-0.15, -0.1) is 0 Å². The molecule has 1 rings (SSSR count). The maximum absolute atomic E-state index is 12.1. The van der Waals surface area contributed by atoms with Gasteiger partial charge in [0.15, 0.2) is 0 Å². The van der Waals surface area contributed by atoms with Crippen LogP contribution in [0, 0.1) is 0 Å². The number of carbonyl (C=O) groups is 1. The van der Waals surface area contributed by atoms with E-state index in [1.165, 1.54) is 19.1 Å². The normalized spacial score (nSPS) is 14.6. The Morgan fingerprint density at radius 3 is 2.35 bits per heavy atom. The van der Waals surface area contributed by atoms with Crippen LogP contribution in [0.5, 0.6) is 0 Å². The molecule has 112 valence electrons. The summed E-state index contributed by atoms with van der Waals surface area (Å²) in [5, 5.41) is 2.79. The van der Waals surface area contributed by atoms with E-state index in [2.05, 4.69) is 10.0 Å². The predicted octanol–water partition coefficient (Wildman–Crippen LogP) is 1.66. The number of amides is 1. The molecule has 2 N–H and O–H groups in total. The molecular weight excluding hydrogens is 276 g/mol. The number of sulfonamides is 1. The minimum absolute atomic E-state index is 0.0381. The first kappa shape index (κ1) is 16.7. The Balaban J connectivity index is 2.66. The molecule has 5 nitrogen and oxygen atoms in total. The summed E-state index contributed by atoms with van der Waals surface area (Å²) in [5.74, 6) is -0.314. The van der Waals surface area contributed by atoms with E-state index in [4.69, 9.17) is 0 Å². The molecule has 0 heterocycles. The van der Waals surface area contributed by atoms with Gasteiger partial charge in [0.05, 0.1) is 10.9 Å². The highest BCUT2D eigenvalue weighted by molar-refractivity contribution is 7.89. The highest BCUT2D eigenvalue weighted by atomic mass is 32.2. The van der Waals surface area contributed by atoms with Gasteiger partial charge in [-0.25, -0.2) is 8.42 Å². The van der Waals surface area contributed by atoms with Crippen LogP contribution in [0.25, 0.3) is 0 Å². The third kappa shape index (κ3) is 4.94. The zero-order valence-electron chi connectivity index (χ0n) is 12.1. The van der Waals surface area contributed by atoms with Crippen molar-refractivity contribution in [2.24, 2.45) is 0 Å². The molecule has 0 saturated carbocycles. The number of carbonyl (C=O) groups excluding carboxylic acids is 1. The maximum atomic E-state index is 12.1. The van der Waals surface area contributed by atoms with Crippen molar-refractivity contribution in [3.05, 3.63) is 30.3 Å². The lowest BCUT2D eigenvalue weighted by Crippen LogP contribution is -2.47. The Morgan fingerprint density at radius 1 is 1.20 bits per heavy atom. The van der Waals surface area contributed by atoms with Gasteiger partial charge in [0, 0.05) is 6.04 Å². The Bertz CT molecular complexity index is 529. The summed E-state index contributed by atoms with van der Waals surface area (Å²) in [4.78, 5) is 12.1. The van der Waals surface area contributed by atoms with Crippen LogP contribution in [0.15, 0.2) is 35.2 Å². The Kier molecular flexibility index (Phi) is 6.16. The minimum atomic E-state index is -3.66. The van der Waals surface area contributed by atoms with Crippen LogP contribution in [-0.4, -0.2) is 26.4 Å². The molecule has 2 atom stereocenters. The molecule has 0 saturated heterocycles. The highest BCUT2D eigenvalue weighted by Crippen LogP contribution is 2.08. The van der Waals surface area contributed by atoms with Gasteiger partial charge < -0.3 is 5.32 Å². The Morgan fingerprint density at radius 2 is 1.80 bits per heavy atom. The fraction of sp³-hybridized carbons (Fsp3) is 0.500. The van der Waals surface area contributed by atoms with Gasteiger partial charge in [-0.2, -0.15) is 4.72 Å². The van der Waals surface area contributed by atoms with Crippen molar-refractivity contribution in [1.82, 2.24) is 10.0 Å². The maximum Gasteiger partial charge on any atom is 0.241 e. The molecule has 1 aromatic rings. The summed E-state index contributed by atoms with van der Waals surface area (Å²) in [5.41, 5.74) is 0. The third-order valence-corrected chi connectivity index (χ3v) is 4.45. The molecule has 0 unspecified atom stereocenters. The van der Waals surface area contributed by atoms with Crippen molar-refractivity contribution in [3.8, 4) is 0 Å². The summed E-state index contributed by atoms with van der Waals surface area (Å²) >= 11 is 0. The molecule has 20 heavy (non-hydrogen) atoms. The monoisotopic (exact) mass is 298 g/mol. The number of hydrogen-bond donors (Lipinski definition) is 2. The van der Waals surface area contributed by atoms with Crippen LogP contribution in [-0.2, 0) is 14.8 Å². The first-order valence-corrected chi connectivity index (χ1v) is 8.23. The molecule has 0 aromatic heterocycles. The zero-order chi connectivity index (χ0) is 15.2. The smallest absolute Gasteiger partial charge is 0.241 e. The van der Waals surface area contributed by atoms with Gasteiger partial charge in [-0.05, 0) is 32.4 Å². The van der Waals surface area contributed by atoms with Gasteiger partial charge in [0.25, 0.3) is 0 Å². The van der Waals surface area contributed by atoms with Crippen LogP contribution in [0.2, 0.25) is 0 Å². The largest absolute Gasteiger partial charge is 0.352 e. The molecule has 0 radical (unpaired) electrons. The SMILES string of the molecule is CCC[C@@H](C)NC(=O)[C@H](C)NS(=O)(=O)c1ccccc1. The van der Waals surface area contributed by atoms with Crippen molar-refractivity contribution in [2.45, 2.75) is 50.6 Å². The second-order valence-corrected chi connectivity index (χ2v) is 6.57. The topological polar surface area (TPSA) is 75.3 Å². The Hall–Kier alpha value is -1.40. The van der Waals surface area contributed by atoms with E-state index in [1.54, 1.807) is 18.2 Å². The van der Waals surface area contributed by atoms with Crippen LogP contribution in [0.4, 0.5) is 0 Å². The van der Waals surface area contributed by atoms with Crippen LogP contribution in [0.1, 0.15) is 33.6 Å². The van der Waals surface area contributed by atoms with Crippen molar-refractivity contribution in [2.75, 3.05) is 0 Å². The van der Waals surface area contributed by atoms with Crippen molar-refractivity contribution in [1.29, 1.82) is 0 Å². The van der Waals surface area contributed by atoms with Crippen molar-refractivity contribution in [3.63, 3.8) is 0 Å². The van der Waals surface area contributed by atoms with E-state index in [1.807, 2.05) is 13.8 Å². The summed E-state index contributed by atoms with van der Waals surface area (Å²) in [6.45, 7) is 5.47. The second kappa shape index (κ2) is 7.40. The molecule has 0 spiro atoms. The first-order chi connectivity index (χ1) is 9.36. The molecular formula is C14H22N2O3S. The molecule has 0 fully saturated rings. The third-order valence-electron chi connectivity index (χ3n) is 2.89. The fourth-order valence-electron chi connectivity index (χ4n) is 1.83. The van der Waals surface area contributed by atoms with Crippen LogP contribution in [0.3, 0.4) is 0 Å². The van der Waals surface area contributed by atoms with Crippen molar-refractivity contribution >= 4 is 15.9 Å². The number of rotatable bonds is 7. The summed E-state index contributed by atoms with van der Waals surface area (Å²) in [7, 11) is -3.66. The average molecular weight is 298 g/mol. The van der Waals surface area contributed by atoms with Gasteiger partial charge in [-0.3, -0.25) is 4.79 Å². The summed E-state index contributed by atoms with van der Waals surface area (Å²) < 4.78 is 26.5. The summed E-state index contributed by atoms with van der Waals surface area (Å²) in [6, 6.07) is 7.24. The number of nitrogens with one attached hydrogen (secondary N) is 2. The highest BCUT2D eigenvalue weighted by Gasteiger charge is 2.22. The fourth-order valence-corrected chi connectivity index (χ4v) is 3.05. The second-order valence-electron chi connectivity index (χ2n) is 4.85. The molecule has 0 aliphatic heterocycles. The lowest BCUT2D eigenvalue weighted by atomic mass is 10.2. The molecule has 6 heteroatoms. The van der Waals surface area contributed by atoms with E-state index in [0.29, 0.717) is 0 Å². The lowest BCUT2D eigenvalue weighted by Gasteiger charge is -2.18. The zero-order valence-corrected chi connectivity index (χ0v) is 12.9. The van der Waals surface area contributed by atoms with E-state index < -0.39 is 16.1 Å². The predicted molar refractivity (Wildman–Crippen MR) is 78.7 cm³/mol. The molecule has 0 aliphatic carbocycles. The van der Waals surface area contributed by atoms with Crippen LogP contribution < -0.4 is 10.0 Å². The Labute approximate surface area is 120 Å². The van der Waals surface area contributed by atoms with Crippen LogP contribution >= 0.6 is 0 Å². The summed E-state index contributed by atoms with van der Waals surface area (Å²) in [6.07, 6.45) is 1.83. The van der Waals surface area contributed by atoms with E-state index in [9.17, 15) is 13.2 Å². The van der Waals surface area contributed by atoms with Crippen molar-refractivity contribution < 1.29 is 13.2 Å².